The summed E-state index contributed by atoms with van der Waals surface area (Å²) in [6, 6.07) is 2.15. The molecule has 1 saturated carbocycles. The molecule has 1 saturated heterocycles. The van der Waals surface area contributed by atoms with E-state index in [9.17, 15) is 19.6 Å². The molecule has 0 atom stereocenters. The highest BCUT2D eigenvalue weighted by Gasteiger charge is 2.43. The molecule has 0 unspecified atom stereocenters. The first kappa shape index (κ1) is 17.3. The van der Waals surface area contributed by atoms with E-state index in [1.54, 1.807) is 11.9 Å². The van der Waals surface area contributed by atoms with Crippen LogP contribution in [0, 0.1) is 22.7 Å². The Bertz CT molecular complexity index is 526. The first-order chi connectivity index (χ1) is 10.9. The number of aliphatic carboxylic acids is 1. The van der Waals surface area contributed by atoms with Gasteiger partial charge in [0.25, 0.3) is 0 Å². The minimum Gasteiger partial charge on any atom is -0.481 e. The normalized spacial score (nSPS) is 20.8. The predicted molar refractivity (Wildman–Crippen MR) is 81.1 cm³/mol. The number of nitrogens with zero attached hydrogens (tertiary/aromatic N) is 3. The molecule has 0 spiro atoms. The lowest BCUT2D eigenvalue weighted by molar-refractivity contribution is -0.147. The van der Waals surface area contributed by atoms with E-state index >= 15 is 0 Å². The van der Waals surface area contributed by atoms with Gasteiger partial charge in [-0.1, -0.05) is 12.8 Å². The maximum Gasteiger partial charge on any atom is 0.306 e. The highest BCUT2D eigenvalue weighted by atomic mass is 16.4. The number of likely N-dealkylation sites (N-methyl/N-ethyl adjacent to an activating group) is 1. The minimum absolute atomic E-state index is 0.0556. The van der Waals surface area contributed by atoms with Crippen LogP contribution >= 0.6 is 0 Å². The van der Waals surface area contributed by atoms with Crippen LogP contribution < -0.4 is 0 Å². The van der Waals surface area contributed by atoms with Gasteiger partial charge in [-0.15, -0.1) is 0 Å². The van der Waals surface area contributed by atoms with Gasteiger partial charge in [0.1, 0.15) is 5.41 Å². The van der Waals surface area contributed by atoms with E-state index in [1.165, 1.54) is 4.90 Å². The van der Waals surface area contributed by atoms with E-state index in [1.807, 2.05) is 0 Å². The number of piperidine rings is 1. The summed E-state index contributed by atoms with van der Waals surface area (Å²) in [6.45, 7) is 0.752. The molecule has 2 rings (SSSR count). The lowest BCUT2D eigenvalue weighted by Gasteiger charge is -2.32. The number of hydrogen-bond acceptors (Lipinski definition) is 4. The Hall–Kier alpha value is -2.10. The number of rotatable bonds is 4. The fraction of sp³-hybridized carbons (Fsp3) is 0.750. The van der Waals surface area contributed by atoms with Crippen molar-refractivity contribution < 1.29 is 19.5 Å². The van der Waals surface area contributed by atoms with Gasteiger partial charge in [0.2, 0.25) is 11.8 Å². The fourth-order valence-electron chi connectivity index (χ4n) is 3.47. The number of likely N-dealkylation sites (tertiary alicyclic amines) is 1. The zero-order valence-electron chi connectivity index (χ0n) is 13.5. The number of nitriles is 1. The van der Waals surface area contributed by atoms with E-state index in [0.717, 1.165) is 12.8 Å². The highest BCUT2D eigenvalue weighted by Crippen LogP contribution is 2.38. The third-order valence-corrected chi connectivity index (χ3v) is 5.00. The molecule has 7 heteroatoms. The van der Waals surface area contributed by atoms with Gasteiger partial charge in [-0.05, 0) is 25.7 Å². The molecule has 0 aromatic carbocycles. The Morgan fingerprint density at radius 1 is 1.26 bits per heavy atom. The van der Waals surface area contributed by atoms with Crippen molar-refractivity contribution in [2.24, 2.45) is 11.3 Å². The van der Waals surface area contributed by atoms with Crippen molar-refractivity contribution in [2.45, 2.75) is 38.5 Å². The smallest absolute Gasteiger partial charge is 0.306 e. The maximum absolute atomic E-state index is 12.5. The summed E-state index contributed by atoms with van der Waals surface area (Å²) < 4.78 is 0. The van der Waals surface area contributed by atoms with Crippen molar-refractivity contribution in [3.63, 3.8) is 0 Å². The summed E-state index contributed by atoms with van der Waals surface area (Å²) in [4.78, 5) is 38.7. The molecular weight excluding hydrogens is 298 g/mol. The van der Waals surface area contributed by atoms with Crippen molar-refractivity contribution >= 4 is 17.8 Å². The predicted octanol–water partition coefficient (Wildman–Crippen LogP) is 0.852. The summed E-state index contributed by atoms with van der Waals surface area (Å²) in [6.07, 6.45) is 3.74. The second-order valence-corrected chi connectivity index (χ2v) is 6.56. The van der Waals surface area contributed by atoms with Crippen molar-refractivity contribution in [3.05, 3.63) is 0 Å². The van der Waals surface area contributed by atoms with Crippen molar-refractivity contribution in [1.82, 2.24) is 9.80 Å². The van der Waals surface area contributed by atoms with Crippen LogP contribution in [-0.2, 0) is 14.4 Å². The van der Waals surface area contributed by atoms with Crippen LogP contribution in [-0.4, -0.2) is 59.4 Å². The first-order valence-electron chi connectivity index (χ1n) is 8.07. The number of carbonyl (C=O) groups excluding carboxylic acids is 2. The minimum atomic E-state index is -0.967. The first-order valence-corrected chi connectivity index (χ1v) is 8.07. The Morgan fingerprint density at radius 2 is 1.83 bits per heavy atom. The molecule has 126 valence electrons. The van der Waals surface area contributed by atoms with Crippen LogP contribution in [0.2, 0.25) is 0 Å². The zero-order valence-corrected chi connectivity index (χ0v) is 13.5. The maximum atomic E-state index is 12.5. The lowest BCUT2D eigenvalue weighted by Crippen LogP contribution is -2.48. The van der Waals surface area contributed by atoms with Gasteiger partial charge < -0.3 is 14.9 Å². The molecular formula is C16H23N3O4. The molecule has 1 N–H and O–H groups in total. The SMILES string of the molecule is CN(CC(=O)N1CCC(C(=O)O)CC1)C(=O)C1(C#N)CCCC1. The number of carbonyl (C=O) groups is 3. The Balaban J connectivity index is 1.89. The molecule has 23 heavy (non-hydrogen) atoms. The molecule has 0 bridgehead atoms. The number of hydrogen-bond donors (Lipinski definition) is 1. The van der Waals surface area contributed by atoms with Gasteiger partial charge in [0.05, 0.1) is 18.5 Å². The van der Waals surface area contributed by atoms with Gasteiger partial charge in [0.15, 0.2) is 0 Å². The van der Waals surface area contributed by atoms with Crippen LogP contribution in [0.5, 0.6) is 0 Å². The topological polar surface area (TPSA) is 102 Å². The van der Waals surface area contributed by atoms with Crippen molar-refractivity contribution in [1.29, 1.82) is 5.26 Å². The summed E-state index contributed by atoms with van der Waals surface area (Å²) in [5, 5.41) is 18.3. The molecule has 2 amide bonds. The van der Waals surface area contributed by atoms with Gasteiger partial charge in [-0.3, -0.25) is 14.4 Å². The Kier molecular flexibility index (Phi) is 5.24. The second-order valence-electron chi connectivity index (χ2n) is 6.56. The number of amides is 2. The van der Waals surface area contributed by atoms with Crippen LogP contribution in [0.15, 0.2) is 0 Å². The fourth-order valence-corrected chi connectivity index (χ4v) is 3.47. The summed E-state index contributed by atoms with van der Waals surface area (Å²) in [5.41, 5.74) is -0.967. The van der Waals surface area contributed by atoms with Gasteiger partial charge in [-0.25, -0.2) is 0 Å². The molecule has 1 heterocycles. The summed E-state index contributed by atoms with van der Waals surface area (Å²) in [7, 11) is 1.56. The zero-order chi connectivity index (χ0) is 17.0. The highest BCUT2D eigenvalue weighted by molar-refractivity contribution is 5.89. The third kappa shape index (κ3) is 3.63. The average molecular weight is 321 g/mol. The lowest BCUT2D eigenvalue weighted by atomic mass is 9.86. The monoisotopic (exact) mass is 321 g/mol. The molecule has 7 nitrogen and oxygen atoms in total. The third-order valence-electron chi connectivity index (χ3n) is 5.00. The van der Waals surface area contributed by atoms with Crippen LogP contribution in [0.25, 0.3) is 0 Å². The molecule has 2 aliphatic rings. The van der Waals surface area contributed by atoms with Crippen molar-refractivity contribution in [3.8, 4) is 6.07 Å². The second kappa shape index (κ2) is 6.99. The van der Waals surface area contributed by atoms with E-state index < -0.39 is 17.3 Å². The van der Waals surface area contributed by atoms with Crippen LogP contribution in [0.1, 0.15) is 38.5 Å². The molecule has 0 aromatic heterocycles. The van der Waals surface area contributed by atoms with Gasteiger partial charge in [-0.2, -0.15) is 5.26 Å². The molecule has 0 radical (unpaired) electrons. The van der Waals surface area contributed by atoms with E-state index in [-0.39, 0.29) is 18.4 Å². The quantitative estimate of drug-likeness (QED) is 0.827. The molecule has 2 fully saturated rings. The molecule has 1 aliphatic heterocycles. The average Bonchev–Trinajstić information content (AvgIpc) is 3.04. The molecule has 0 aromatic rings. The number of carboxylic acids is 1. The van der Waals surface area contributed by atoms with E-state index in [0.29, 0.717) is 38.8 Å². The van der Waals surface area contributed by atoms with Gasteiger partial charge >= 0.3 is 5.97 Å². The summed E-state index contributed by atoms with van der Waals surface area (Å²) >= 11 is 0. The van der Waals surface area contributed by atoms with Crippen molar-refractivity contribution in [2.75, 3.05) is 26.7 Å². The largest absolute Gasteiger partial charge is 0.481 e. The molecule has 1 aliphatic carbocycles. The standard InChI is InChI=1S/C16H23N3O4/c1-18(15(23)16(11-17)6-2-3-7-16)10-13(20)19-8-4-12(5-9-19)14(21)22/h12H,2-10H2,1H3,(H,21,22). The summed E-state index contributed by atoms with van der Waals surface area (Å²) in [5.74, 6) is -1.66. The number of carboxylic acid groups (broad SMARTS) is 1. The van der Waals surface area contributed by atoms with Crippen LogP contribution in [0.3, 0.4) is 0 Å². The Morgan fingerprint density at radius 3 is 2.30 bits per heavy atom. The van der Waals surface area contributed by atoms with Gasteiger partial charge in [0, 0.05) is 20.1 Å². The van der Waals surface area contributed by atoms with E-state index in [4.69, 9.17) is 5.11 Å². The van der Waals surface area contributed by atoms with Crippen LogP contribution in [0.4, 0.5) is 0 Å². The van der Waals surface area contributed by atoms with E-state index in [2.05, 4.69) is 6.07 Å². The Labute approximate surface area is 135 Å².